The van der Waals surface area contributed by atoms with E-state index in [0.29, 0.717) is 12.5 Å². The van der Waals surface area contributed by atoms with Crippen LogP contribution >= 0.6 is 0 Å². The number of likely N-dealkylation sites (N-methyl/N-ethyl adjacent to an activating group) is 1. The van der Waals surface area contributed by atoms with Gasteiger partial charge in [-0.2, -0.15) is 0 Å². The highest BCUT2D eigenvalue weighted by Crippen LogP contribution is 2.23. The number of hydrogen-bond donors (Lipinski definition) is 2. The first-order valence-corrected chi connectivity index (χ1v) is 6.67. The molecule has 0 aliphatic heterocycles. The van der Waals surface area contributed by atoms with Crippen molar-refractivity contribution in [3.8, 4) is 0 Å². The van der Waals surface area contributed by atoms with E-state index in [0.717, 1.165) is 13.0 Å². The van der Waals surface area contributed by atoms with E-state index in [-0.39, 0.29) is 5.41 Å². The van der Waals surface area contributed by atoms with Gasteiger partial charge in [0.2, 0.25) is 0 Å². The van der Waals surface area contributed by atoms with Gasteiger partial charge in [-0.25, -0.2) is 0 Å². The average Bonchev–Trinajstić information content (AvgIpc) is 2.25. The van der Waals surface area contributed by atoms with Gasteiger partial charge in [0.25, 0.3) is 0 Å². The highest BCUT2D eigenvalue weighted by atomic mass is 16.4. The van der Waals surface area contributed by atoms with E-state index < -0.39 is 11.5 Å². The summed E-state index contributed by atoms with van der Waals surface area (Å²) in [5.74, 6) is -0.781. The summed E-state index contributed by atoms with van der Waals surface area (Å²) in [6.07, 6.45) is 1.51. The molecule has 4 nitrogen and oxygen atoms in total. The summed E-state index contributed by atoms with van der Waals surface area (Å²) in [7, 11) is 3.81. The molecular weight excluding hydrogens is 228 g/mol. The first-order valence-electron chi connectivity index (χ1n) is 6.67. The number of nitrogens with zero attached hydrogens (tertiary/aromatic N) is 1. The molecule has 0 radical (unpaired) electrons. The van der Waals surface area contributed by atoms with E-state index in [4.69, 9.17) is 5.11 Å². The van der Waals surface area contributed by atoms with Crippen LogP contribution in [0.4, 0.5) is 0 Å². The fourth-order valence-corrected chi connectivity index (χ4v) is 1.88. The maximum absolute atomic E-state index is 11.1. The summed E-state index contributed by atoms with van der Waals surface area (Å²) in [6, 6.07) is 0.475. The predicted octanol–water partition coefficient (Wildman–Crippen LogP) is 2.20. The molecule has 0 aromatic heterocycles. The Morgan fingerprint density at radius 1 is 1.33 bits per heavy atom. The Labute approximate surface area is 112 Å². The zero-order valence-electron chi connectivity index (χ0n) is 13.0. The lowest BCUT2D eigenvalue weighted by Crippen LogP contribution is -2.48. The summed E-state index contributed by atoms with van der Waals surface area (Å²) in [5.41, 5.74) is -0.570. The molecule has 0 aliphatic carbocycles. The van der Waals surface area contributed by atoms with E-state index in [2.05, 4.69) is 45.0 Å². The smallest absolute Gasteiger partial charge is 0.323 e. The predicted molar refractivity (Wildman–Crippen MR) is 75.9 cm³/mol. The molecule has 0 bridgehead atoms. The van der Waals surface area contributed by atoms with Crippen LogP contribution < -0.4 is 5.32 Å². The van der Waals surface area contributed by atoms with Crippen LogP contribution in [0.25, 0.3) is 0 Å². The lowest BCUT2D eigenvalue weighted by molar-refractivity contribution is -0.144. The molecule has 0 fully saturated rings. The maximum atomic E-state index is 11.1. The van der Waals surface area contributed by atoms with Gasteiger partial charge in [-0.15, -0.1) is 0 Å². The zero-order valence-corrected chi connectivity index (χ0v) is 13.0. The third-order valence-electron chi connectivity index (χ3n) is 4.13. The van der Waals surface area contributed by atoms with Crippen LogP contribution in [-0.4, -0.2) is 48.2 Å². The molecule has 2 unspecified atom stereocenters. The second-order valence-electron chi connectivity index (χ2n) is 6.51. The van der Waals surface area contributed by atoms with Crippen LogP contribution in [0.5, 0.6) is 0 Å². The molecule has 0 saturated heterocycles. The minimum atomic E-state index is -0.814. The first kappa shape index (κ1) is 17.4. The van der Waals surface area contributed by atoms with E-state index >= 15 is 0 Å². The lowest BCUT2D eigenvalue weighted by Gasteiger charge is -2.36. The molecule has 0 aliphatic rings. The summed E-state index contributed by atoms with van der Waals surface area (Å²) in [6.45, 7) is 11.6. The molecule has 0 amide bonds. The molecule has 0 saturated carbocycles. The molecular formula is C14H30N2O2. The number of carboxylic acids is 1. The van der Waals surface area contributed by atoms with Crippen molar-refractivity contribution in [1.29, 1.82) is 0 Å². The average molecular weight is 258 g/mol. The maximum Gasteiger partial charge on any atom is 0.323 e. The summed E-state index contributed by atoms with van der Waals surface area (Å²) < 4.78 is 0. The fourth-order valence-electron chi connectivity index (χ4n) is 1.88. The van der Waals surface area contributed by atoms with Gasteiger partial charge in [0.15, 0.2) is 0 Å². The van der Waals surface area contributed by atoms with Crippen LogP contribution in [0.1, 0.15) is 47.5 Å². The van der Waals surface area contributed by atoms with Gasteiger partial charge < -0.3 is 15.3 Å². The van der Waals surface area contributed by atoms with Gasteiger partial charge in [-0.3, -0.25) is 4.79 Å². The van der Waals surface area contributed by atoms with Crippen molar-refractivity contribution < 1.29 is 9.90 Å². The standard InChI is InChI=1S/C14H30N2O2/c1-11(13(2,3)4)16(7)10-8-9-14(5,15-6)12(17)18/h11,15H,8-10H2,1-7H3,(H,17,18). The van der Waals surface area contributed by atoms with Crippen molar-refractivity contribution in [2.75, 3.05) is 20.6 Å². The SMILES string of the molecule is CNC(C)(CCCN(C)C(C)C(C)(C)C)C(=O)O. The largest absolute Gasteiger partial charge is 0.480 e. The number of carboxylic acid groups (broad SMARTS) is 1. The molecule has 108 valence electrons. The number of aliphatic carboxylic acids is 1. The Kier molecular flexibility index (Phi) is 6.30. The Morgan fingerprint density at radius 3 is 2.17 bits per heavy atom. The Balaban J connectivity index is 4.24. The topological polar surface area (TPSA) is 52.6 Å². The quantitative estimate of drug-likeness (QED) is 0.735. The van der Waals surface area contributed by atoms with Crippen LogP contribution in [0, 0.1) is 5.41 Å². The third-order valence-corrected chi connectivity index (χ3v) is 4.13. The van der Waals surface area contributed by atoms with Crippen LogP contribution in [-0.2, 0) is 4.79 Å². The molecule has 0 rings (SSSR count). The van der Waals surface area contributed by atoms with Gasteiger partial charge in [0.1, 0.15) is 5.54 Å². The molecule has 0 aromatic carbocycles. The molecule has 2 atom stereocenters. The molecule has 4 heteroatoms. The molecule has 18 heavy (non-hydrogen) atoms. The Morgan fingerprint density at radius 2 is 1.83 bits per heavy atom. The van der Waals surface area contributed by atoms with E-state index in [1.165, 1.54) is 0 Å². The Bertz CT molecular complexity index is 273. The minimum absolute atomic E-state index is 0.244. The monoisotopic (exact) mass is 258 g/mol. The summed E-state index contributed by atoms with van der Waals surface area (Å²) >= 11 is 0. The van der Waals surface area contributed by atoms with Gasteiger partial charge in [0, 0.05) is 6.04 Å². The van der Waals surface area contributed by atoms with Gasteiger partial charge >= 0.3 is 5.97 Å². The highest BCUT2D eigenvalue weighted by Gasteiger charge is 2.31. The van der Waals surface area contributed by atoms with Crippen molar-refractivity contribution in [1.82, 2.24) is 10.2 Å². The van der Waals surface area contributed by atoms with Crippen molar-refractivity contribution in [3.63, 3.8) is 0 Å². The van der Waals surface area contributed by atoms with Crippen LogP contribution in [0.3, 0.4) is 0 Å². The molecule has 0 spiro atoms. The van der Waals surface area contributed by atoms with Crippen molar-refractivity contribution >= 4 is 5.97 Å². The van der Waals surface area contributed by atoms with Crippen molar-refractivity contribution in [2.24, 2.45) is 5.41 Å². The minimum Gasteiger partial charge on any atom is -0.480 e. The zero-order chi connectivity index (χ0) is 14.6. The van der Waals surface area contributed by atoms with Gasteiger partial charge in [-0.05, 0) is 52.7 Å². The fraction of sp³-hybridized carbons (Fsp3) is 0.929. The molecule has 0 heterocycles. The number of nitrogens with one attached hydrogen (secondary N) is 1. The van der Waals surface area contributed by atoms with Crippen molar-refractivity contribution in [2.45, 2.75) is 59.0 Å². The number of rotatable bonds is 7. The van der Waals surface area contributed by atoms with Crippen LogP contribution in [0.15, 0.2) is 0 Å². The first-order chi connectivity index (χ1) is 8.04. The normalized spacial score (nSPS) is 17.6. The lowest BCUT2D eigenvalue weighted by atomic mass is 9.87. The molecule has 0 aromatic rings. The summed E-state index contributed by atoms with van der Waals surface area (Å²) in [4.78, 5) is 13.4. The molecule has 2 N–H and O–H groups in total. The van der Waals surface area contributed by atoms with Crippen molar-refractivity contribution in [3.05, 3.63) is 0 Å². The van der Waals surface area contributed by atoms with Gasteiger partial charge in [-0.1, -0.05) is 20.8 Å². The van der Waals surface area contributed by atoms with E-state index in [1.807, 2.05) is 0 Å². The number of hydrogen-bond acceptors (Lipinski definition) is 3. The summed E-state index contributed by atoms with van der Waals surface area (Å²) in [5, 5.41) is 12.1. The second kappa shape index (κ2) is 6.53. The highest BCUT2D eigenvalue weighted by molar-refractivity contribution is 5.78. The second-order valence-corrected chi connectivity index (χ2v) is 6.51. The third kappa shape index (κ3) is 4.94. The van der Waals surface area contributed by atoms with E-state index in [1.54, 1.807) is 14.0 Å². The van der Waals surface area contributed by atoms with Gasteiger partial charge in [0.05, 0.1) is 0 Å². The number of carbonyl (C=O) groups is 1. The van der Waals surface area contributed by atoms with Crippen LogP contribution in [0.2, 0.25) is 0 Å². The Hall–Kier alpha value is -0.610. The van der Waals surface area contributed by atoms with E-state index in [9.17, 15) is 4.79 Å².